The molecule has 0 spiro atoms. The lowest BCUT2D eigenvalue weighted by atomic mass is 10.1. The number of nitrogens with one attached hydrogen (secondary N) is 1. The number of carbonyl (C=O) groups excluding carboxylic acids is 1. The van der Waals surface area contributed by atoms with Gasteiger partial charge in [-0.05, 0) is 27.9 Å². The Labute approximate surface area is 123 Å². The molecule has 1 aromatic heterocycles. The van der Waals surface area contributed by atoms with Crippen molar-refractivity contribution >= 4 is 11.6 Å². The molecule has 1 amide bonds. The van der Waals surface area contributed by atoms with Crippen molar-refractivity contribution in [3.63, 3.8) is 0 Å². The number of rotatable bonds is 7. The summed E-state index contributed by atoms with van der Waals surface area (Å²) in [6.07, 6.45) is 1.33. The number of aryl methyl sites for hydroxylation is 1. The highest BCUT2D eigenvalue weighted by molar-refractivity contribution is 5.93. The van der Waals surface area contributed by atoms with Crippen LogP contribution in [-0.4, -0.2) is 58.2 Å². The van der Waals surface area contributed by atoms with E-state index in [-0.39, 0.29) is 17.9 Å². The molecule has 0 radical (unpaired) electrons. The summed E-state index contributed by atoms with van der Waals surface area (Å²) >= 11 is 0. The molecule has 1 unspecified atom stereocenters. The van der Waals surface area contributed by atoms with E-state index in [4.69, 9.17) is 0 Å². The van der Waals surface area contributed by atoms with E-state index >= 15 is 0 Å². The molecular weight excluding hydrogens is 276 g/mol. The van der Waals surface area contributed by atoms with Crippen LogP contribution in [-0.2, 0) is 6.54 Å². The number of carbonyl (C=O) groups is 1. The van der Waals surface area contributed by atoms with Crippen LogP contribution in [0.4, 0.5) is 5.69 Å². The number of nitro groups is 1. The van der Waals surface area contributed by atoms with Crippen LogP contribution < -0.4 is 5.32 Å². The smallest absolute Gasteiger partial charge is 0.287 e. The van der Waals surface area contributed by atoms with Crippen molar-refractivity contribution in [1.29, 1.82) is 0 Å². The summed E-state index contributed by atoms with van der Waals surface area (Å²) in [6, 6.07) is 1.24. The van der Waals surface area contributed by atoms with Gasteiger partial charge in [0.2, 0.25) is 0 Å². The second kappa shape index (κ2) is 6.68. The Morgan fingerprint density at radius 2 is 2.19 bits per heavy atom. The van der Waals surface area contributed by atoms with Gasteiger partial charge in [0.05, 0.1) is 16.7 Å². The standard InChI is InChI=1S/C13H22N4O4/c1-5-16-7-10(17(20)21)6-11(16)12(18)14-8-13(2,19)9-15(3)4/h6-7,19H,5,8-9H2,1-4H3,(H,14,18). The van der Waals surface area contributed by atoms with E-state index in [0.717, 1.165) is 0 Å². The summed E-state index contributed by atoms with van der Waals surface area (Å²) in [5, 5.41) is 23.5. The molecule has 0 saturated heterocycles. The molecule has 1 atom stereocenters. The zero-order chi connectivity index (χ0) is 16.2. The Kier molecular flexibility index (Phi) is 5.45. The van der Waals surface area contributed by atoms with Crippen molar-refractivity contribution in [2.24, 2.45) is 0 Å². The molecule has 2 N–H and O–H groups in total. The van der Waals surface area contributed by atoms with Crippen molar-refractivity contribution in [3.05, 3.63) is 28.1 Å². The van der Waals surface area contributed by atoms with Gasteiger partial charge < -0.3 is 19.9 Å². The summed E-state index contributed by atoms with van der Waals surface area (Å²) in [6.45, 7) is 4.32. The van der Waals surface area contributed by atoms with Crippen molar-refractivity contribution in [2.45, 2.75) is 26.0 Å². The quantitative estimate of drug-likeness (QED) is 0.562. The minimum atomic E-state index is -1.07. The van der Waals surface area contributed by atoms with Gasteiger partial charge in [0.15, 0.2) is 0 Å². The first-order valence-corrected chi connectivity index (χ1v) is 6.66. The Hall–Kier alpha value is -1.93. The minimum Gasteiger partial charge on any atom is -0.387 e. The first-order valence-electron chi connectivity index (χ1n) is 6.66. The number of nitrogens with zero attached hydrogens (tertiary/aromatic N) is 3. The van der Waals surface area contributed by atoms with Crippen LogP contribution in [0.25, 0.3) is 0 Å². The maximum Gasteiger partial charge on any atom is 0.287 e. The number of amides is 1. The highest BCUT2D eigenvalue weighted by Crippen LogP contribution is 2.16. The van der Waals surface area contributed by atoms with E-state index in [9.17, 15) is 20.0 Å². The zero-order valence-corrected chi connectivity index (χ0v) is 12.8. The van der Waals surface area contributed by atoms with Crippen molar-refractivity contribution in [2.75, 3.05) is 27.2 Å². The molecule has 0 saturated carbocycles. The molecule has 8 heteroatoms. The van der Waals surface area contributed by atoms with E-state index in [1.54, 1.807) is 13.8 Å². The minimum absolute atomic E-state index is 0.0622. The summed E-state index contributed by atoms with van der Waals surface area (Å²) in [4.78, 5) is 24.1. The van der Waals surface area contributed by atoms with Crippen LogP contribution in [0.15, 0.2) is 12.3 Å². The van der Waals surface area contributed by atoms with Crippen molar-refractivity contribution in [3.8, 4) is 0 Å². The molecule has 0 bridgehead atoms. The van der Waals surface area contributed by atoms with Gasteiger partial charge in [-0.15, -0.1) is 0 Å². The lowest BCUT2D eigenvalue weighted by Crippen LogP contribution is -2.47. The SMILES string of the molecule is CCn1cc([N+](=O)[O-])cc1C(=O)NCC(C)(O)CN(C)C. The number of aromatic nitrogens is 1. The molecule has 0 aliphatic rings. The van der Waals surface area contributed by atoms with Crippen LogP contribution in [0, 0.1) is 10.1 Å². The molecule has 0 aliphatic carbocycles. The lowest BCUT2D eigenvalue weighted by Gasteiger charge is -2.27. The van der Waals surface area contributed by atoms with Gasteiger partial charge >= 0.3 is 0 Å². The highest BCUT2D eigenvalue weighted by atomic mass is 16.6. The van der Waals surface area contributed by atoms with Gasteiger partial charge in [0.1, 0.15) is 5.69 Å². The average Bonchev–Trinajstić information content (AvgIpc) is 2.78. The fraction of sp³-hybridized carbons (Fsp3) is 0.615. The fourth-order valence-corrected chi connectivity index (χ4v) is 2.15. The van der Waals surface area contributed by atoms with E-state index in [1.165, 1.54) is 16.8 Å². The van der Waals surface area contributed by atoms with Crippen LogP contribution in [0.5, 0.6) is 0 Å². The summed E-state index contributed by atoms with van der Waals surface area (Å²) in [7, 11) is 3.64. The Balaban J connectivity index is 2.78. The van der Waals surface area contributed by atoms with Crippen LogP contribution in [0.3, 0.4) is 0 Å². The molecule has 0 fully saturated rings. The molecule has 21 heavy (non-hydrogen) atoms. The van der Waals surface area contributed by atoms with Gasteiger partial charge in [-0.1, -0.05) is 0 Å². The highest BCUT2D eigenvalue weighted by Gasteiger charge is 2.24. The molecular formula is C13H22N4O4. The van der Waals surface area contributed by atoms with Gasteiger partial charge in [-0.2, -0.15) is 0 Å². The van der Waals surface area contributed by atoms with Crippen molar-refractivity contribution < 1.29 is 14.8 Å². The van der Waals surface area contributed by atoms with Gasteiger partial charge in [-0.25, -0.2) is 0 Å². The predicted molar refractivity (Wildman–Crippen MR) is 78.3 cm³/mol. The van der Waals surface area contributed by atoms with Crippen molar-refractivity contribution in [1.82, 2.24) is 14.8 Å². The second-order valence-corrected chi connectivity index (χ2v) is 5.54. The third-order valence-corrected chi connectivity index (χ3v) is 2.95. The van der Waals surface area contributed by atoms with E-state index in [1.807, 2.05) is 19.0 Å². The first-order chi connectivity index (χ1) is 9.66. The number of hydrogen-bond acceptors (Lipinski definition) is 5. The fourth-order valence-electron chi connectivity index (χ4n) is 2.15. The number of hydrogen-bond donors (Lipinski definition) is 2. The molecule has 118 valence electrons. The van der Waals surface area contributed by atoms with E-state index in [0.29, 0.717) is 13.1 Å². The molecule has 0 aromatic carbocycles. The predicted octanol–water partition coefficient (Wildman–Crippen LogP) is 0.459. The maximum atomic E-state index is 12.1. The van der Waals surface area contributed by atoms with Gasteiger partial charge in [-0.3, -0.25) is 14.9 Å². The molecule has 1 rings (SSSR count). The summed E-state index contributed by atoms with van der Waals surface area (Å²) in [5.41, 5.74) is -0.985. The normalized spacial score (nSPS) is 14.0. The first kappa shape index (κ1) is 17.1. The molecule has 1 aromatic rings. The molecule has 8 nitrogen and oxygen atoms in total. The van der Waals surface area contributed by atoms with Gasteiger partial charge in [0.25, 0.3) is 11.6 Å². The largest absolute Gasteiger partial charge is 0.387 e. The number of likely N-dealkylation sites (N-methyl/N-ethyl adjacent to an activating group) is 1. The number of aliphatic hydroxyl groups is 1. The summed E-state index contributed by atoms with van der Waals surface area (Å²) in [5.74, 6) is -0.441. The molecule has 0 aliphatic heterocycles. The maximum absolute atomic E-state index is 12.1. The Morgan fingerprint density at radius 1 is 1.57 bits per heavy atom. The third-order valence-electron chi connectivity index (χ3n) is 2.95. The summed E-state index contributed by atoms with van der Waals surface area (Å²) < 4.78 is 1.51. The average molecular weight is 298 g/mol. The van der Waals surface area contributed by atoms with Crippen LogP contribution in [0.2, 0.25) is 0 Å². The topological polar surface area (TPSA) is 101 Å². The Morgan fingerprint density at radius 3 is 2.67 bits per heavy atom. The monoisotopic (exact) mass is 298 g/mol. The van der Waals surface area contributed by atoms with Gasteiger partial charge in [0, 0.05) is 25.7 Å². The zero-order valence-electron chi connectivity index (χ0n) is 12.8. The van der Waals surface area contributed by atoms with Crippen LogP contribution >= 0.6 is 0 Å². The van der Waals surface area contributed by atoms with E-state index < -0.39 is 16.4 Å². The Bertz CT molecular complexity index is 522. The third kappa shape index (κ3) is 4.83. The lowest BCUT2D eigenvalue weighted by molar-refractivity contribution is -0.384. The second-order valence-electron chi connectivity index (χ2n) is 5.54. The molecule has 1 heterocycles. The van der Waals surface area contributed by atoms with Crippen LogP contribution in [0.1, 0.15) is 24.3 Å². The van der Waals surface area contributed by atoms with E-state index in [2.05, 4.69) is 5.32 Å².